The Kier molecular flexibility index (Phi) is 3.97. The van der Waals surface area contributed by atoms with Crippen molar-refractivity contribution in [3.8, 4) is 5.69 Å². The Morgan fingerprint density at radius 2 is 1.74 bits per heavy atom. The maximum atomic E-state index is 4.41. The van der Waals surface area contributed by atoms with E-state index in [1.165, 1.54) is 25.7 Å². The summed E-state index contributed by atoms with van der Waals surface area (Å²) in [4.78, 5) is 0. The fourth-order valence-corrected chi connectivity index (χ4v) is 3.28. The third kappa shape index (κ3) is 2.73. The number of alkyl halides is 1. The first-order chi connectivity index (χ1) is 9.38. The number of hydrogen-bond acceptors (Lipinski definition) is 2. The molecule has 1 heterocycles. The first-order valence-electron chi connectivity index (χ1n) is 6.93. The topological polar surface area (TPSA) is 30.7 Å². The minimum absolute atomic E-state index is 0.736. The van der Waals surface area contributed by atoms with Crippen molar-refractivity contribution in [2.24, 2.45) is 5.92 Å². The molecular weight excluding hydrogens is 302 g/mol. The average Bonchev–Trinajstić information content (AvgIpc) is 3.09. The molecule has 0 spiro atoms. The van der Waals surface area contributed by atoms with Crippen molar-refractivity contribution in [1.29, 1.82) is 0 Å². The van der Waals surface area contributed by atoms with Gasteiger partial charge in [-0.05, 0) is 18.1 Å². The van der Waals surface area contributed by atoms with Gasteiger partial charge in [0.15, 0.2) is 0 Å². The van der Waals surface area contributed by atoms with E-state index in [-0.39, 0.29) is 0 Å². The van der Waals surface area contributed by atoms with Crippen molar-refractivity contribution >= 4 is 15.9 Å². The minimum Gasteiger partial charge on any atom is -0.282 e. The molecule has 0 saturated heterocycles. The summed E-state index contributed by atoms with van der Waals surface area (Å²) in [5.41, 5.74) is 1.16. The summed E-state index contributed by atoms with van der Waals surface area (Å²) in [5, 5.41) is 9.46. The van der Waals surface area contributed by atoms with Gasteiger partial charge in [0.25, 0.3) is 0 Å². The van der Waals surface area contributed by atoms with E-state index >= 15 is 0 Å². The van der Waals surface area contributed by atoms with Gasteiger partial charge in [-0.15, -0.1) is 10.2 Å². The Morgan fingerprint density at radius 3 is 2.42 bits per heavy atom. The maximum absolute atomic E-state index is 4.41. The van der Waals surface area contributed by atoms with Gasteiger partial charge in [-0.3, -0.25) is 4.57 Å². The van der Waals surface area contributed by atoms with Gasteiger partial charge in [0.05, 0.1) is 5.33 Å². The van der Waals surface area contributed by atoms with Gasteiger partial charge in [0.1, 0.15) is 11.6 Å². The highest BCUT2D eigenvalue weighted by Gasteiger charge is 2.20. The number of nitrogens with zero attached hydrogens (tertiary/aromatic N) is 3. The number of rotatable bonds is 4. The van der Waals surface area contributed by atoms with Gasteiger partial charge in [0.2, 0.25) is 0 Å². The van der Waals surface area contributed by atoms with Gasteiger partial charge in [-0.25, -0.2) is 0 Å². The molecular formula is C15H18BrN3. The highest BCUT2D eigenvalue weighted by Crippen LogP contribution is 2.28. The number of halogens is 1. The molecule has 19 heavy (non-hydrogen) atoms. The van der Waals surface area contributed by atoms with Crippen molar-refractivity contribution in [1.82, 2.24) is 14.8 Å². The largest absolute Gasteiger partial charge is 0.282 e. The van der Waals surface area contributed by atoms with Crippen LogP contribution < -0.4 is 0 Å². The second-order valence-corrected chi connectivity index (χ2v) is 5.75. The predicted octanol–water partition coefficient (Wildman–Crippen LogP) is 3.89. The lowest BCUT2D eigenvalue weighted by atomic mass is 10.0. The molecule has 1 fully saturated rings. The smallest absolute Gasteiger partial charge is 0.148 e. The fourth-order valence-electron chi connectivity index (χ4n) is 2.92. The van der Waals surface area contributed by atoms with Crippen LogP contribution in [0.15, 0.2) is 30.3 Å². The lowest BCUT2D eigenvalue weighted by Gasteiger charge is -2.12. The van der Waals surface area contributed by atoms with Crippen LogP contribution in [0.2, 0.25) is 0 Å². The van der Waals surface area contributed by atoms with E-state index in [0.717, 1.165) is 35.0 Å². The van der Waals surface area contributed by atoms with Gasteiger partial charge >= 0.3 is 0 Å². The van der Waals surface area contributed by atoms with E-state index in [2.05, 4.69) is 55.0 Å². The Labute approximate surface area is 122 Å². The summed E-state index contributed by atoms with van der Waals surface area (Å²) in [6, 6.07) is 10.4. The molecule has 0 aliphatic heterocycles. The summed E-state index contributed by atoms with van der Waals surface area (Å²) >= 11 is 3.51. The molecule has 0 unspecified atom stereocenters. The van der Waals surface area contributed by atoms with Gasteiger partial charge in [-0.2, -0.15) is 0 Å². The Morgan fingerprint density at radius 1 is 1.05 bits per heavy atom. The number of aromatic nitrogens is 3. The third-order valence-electron chi connectivity index (χ3n) is 3.88. The van der Waals surface area contributed by atoms with Gasteiger partial charge in [-0.1, -0.05) is 59.8 Å². The summed E-state index contributed by atoms with van der Waals surface area (Å²) in [6.45, 7) is 0. The zero-order valence-corrected chi connectivity index (χ0v) is 12.5. The molecule has 0 radical (unpaired) electrons. The first-order valence-corrected chi connectivity index (χ1v) is 8.05. The predicted molar refractivity (Wildman–Crippen MR) is 79.7 cm³/mol. The first kappa shape index (κ1) is 12.9. The molecule has 3 nitrogen and oxygen atoms in total. The molecule has 4 heteroatoms. The molecule has 1 aliphatic rings. The summed E-state index contributed by atoms with van der Waals surface area (Å²) in [7, 11) is 0. The van der Waals surface area contributed by atoms with Crippen LogP contribution in [-0.2, 0) is 11.8 Å². The van der Waals surface area contributed by atoms with Gasteiger partial charge in [0, 0.05) is 12.1 Å². The molecule has 2 aromatic rings. The van der Waals surface area contributed by atoms with E-state index in [9.17, 15) is 0 Å². The molecule has 3 rings (SSSR count). The van der Waals surface area contributed by atoms with E-state index in [0.29, 0.717) is 0 Å². The second-order valence-electron chi connectivity index (χ2n) is 5.19. The van der Waals surface area contributed by atoms with Crippen molar-refractivity contribution < 1.29 is 0 Å². The number of hydrogen-bond donors (Lipinski definition) is 0. The monoisotopic (exact) mass is 319 g/mol. The third-order valence-corrected chi connectivity index (χ3v) is 4.38. The average molecular weight is 320 g/mol. The van der Waals surface area contributed by atoms with E-state index in [1.54, 1.807) is 0 Å². The zero-order valence-electron chi connectivity index (χ0n) is 10.9. The van der Waals surface area contributed by atoms with Crippen molar-refractivity contribution in [3.63, 3.8) is 0 Å². The molecule has 1 saturated carbocycles. The van der Waals surface area contributed by atoms with Crippen molar-refractivity contribution in [2.75, 3.05) is 0 Å². The van der Waals surface area contributed by atoms with E-state index in [4.69, 9.17) is 0 Å². The van der Waals surface area contributed by atoms with Crippen LogP contribution in [0.25, 0.3) is 5.69 Å². The standard InChI is InChI=1S/C15H18BrN3/c16-11-15-18-17-14(10-12-6-4-5-7-12)19(15)13-8-2-1-3-9-13/h1-3,8-9,12H,4-7,10-11H2. The summed E-state index contributed by atoms with van der Waals surface area (Å²) in [5.74, 6) is 2.88. The molecule has 0 N–H and O–H groups in total. The lowest BCUT2D eigenvalue weighted by molar-refractivity contribution is 0.525. The molecule has 0 amide bonds. The summed E-state index contributed by atoms with van der Waals surface area (Å²) < 4.78 is 2.20. The SMILES string of the molecule is BrCc1nnc(CC2CCCC2)n1-c1ccccc1. The van der Waals surface area contributed by atoms with Crippen LogP contribution in [0.1, 0.15) is 37.3 Å². The van der Waals surface area contributed by atoms with Crippen molar-refractivity contribution in [2.45, 2.75) is 37.4 Å². The van der Waals surface area contributed by atoms with Crippen LogP contribution in [0.4, 0.5) is 0 Å². The van der Waals surface area contributed by atoms with Crippen LogP contribution >= 0.6 is 15.9 Å². The minimum atomic E-state index is 0.736. The molecule has 0 bridgehead atoms. The maximum Gasteiger partial charge on any atom is 0.148 e. The van der Waals surface area contributed by atoms with Gasteiger partial charge < -0.3 is 0 Å². The number of para-hydroxylation sites is 1. The zero-order chi connectivity index (χ0) is 13.1. The van der Waals surface area contributed by atoms with Crippen LogP contribution in [0.5, 0.6) is 0 Å². The molecule has 1 aromatic heterocycles. The molecule has 1 aromatic carbocycles. The van der Waals surface area contributed by atoms with Crippen molar-refractivity contribution in [3.05, 3.63) is 42.0 Å². The Hall–Kier alpha value is -1.16. The van der Waals surface area contributed by atoms with Crippen LogP contribution in [0, 0.1) is 5.92 Å². The Bertz CT molecular complexity index is 530. The van der Waals surface area contributed by atoms with Crippen LogP contribution in [-0.4, -0.2) is 14.8 Å². The second kappa shape index (κ2) is 5.87. The highest BCUT2D eigenvalue weighted by atomic mass is 79.9. The fraction of sp³-hybridized carbons (Fsp3) is 0.467. The number of benzene rings is 1. The molecule has 0 atom stereocenters. The van der Waals surface area contributed by atoms with E-state index in [1.807, 2.05) is 6.07 Å². The van der Waals surface area contributed by atoms with Crippen LogP contribution in [0.3, 0.4) is 0 Å². The Balaban J connectivity index is 1.93. The van der Waals surface area contributed by atoms with E-state index < -0.39 is 0 Å². The lowest BCUT2D eigenvalue weighted by Crippen LogP contribution is -2.08. The normalized spacial score (nSPS) is 16.1. The quantitative estimate of drug-likeness (QED) is 0.800. The summed E-state index contributed by atoms with van der Waals surface area (Å²) in [6.07, 6.45) is 6.47. The molecule has 1 aliphatic carbocycles. The highest BCUT2D eigenvalue weighted by molar-refractivity contribution is 9.08. The molecule has 100 valence electrons.